The molecule has 0 aliphatic carbocycles. The molecule has 0 radical (unpaired) electrons. The zero-order valence-corrected chi connectivity index (χ0v) is 29.1. The number of nitrogens with zero attached hydrogens (tertiary/aromatic N) is 1. The van der Waals surface area contributed by atoms with Crippen molar-refractivity contribution in [3.63, 3.8) is 0 Å². The summed E-state index contributed by atoms with van der Waals surface area (Å²) >= 11 is 2.59. The molecule has 0 bridgehead atoms. The topological polar surface area (TPSA) is 139 Å². The Hall–Kier alpha value is -4.24. The minimum absolute atomic E-state index is 0.0489. The number of ether oxygens (including phenoxy) is 1. The molecular formula is C34H26F2NO9PS3. The number of hydrogen-bond donors (Lipinski definition) is 0. The van der Waals surface area contributed by atoms with Crippen LogP contribution in [0.1, 0.15) is 36.0 Å². The largest absolute Gasteiger partial charge is 0.422 e. The van der Waals surface area contributed by atoms with Gasteiger partial charge in [0.25, 0.3) is 5.69 Å². The van der Waals surface area contributed by atoms with Gasteiger partial charge in [-0.1, -0.05) is 90.3 Å². The third-order valence-electron chi connectivity index (χ3n) is 6.84. The molecule has 16 heteroatoms. The molecule has 0 spiro atoms. The van der Waals surface area contributed by atoms with Crippen LogP contribution in [0.25, 0.3) is 10.1 Å². The van der Waals surface area contributed by atoms with Gasteiger partial charge >= 0.3 is 19.2 Å². The predicted octanol–water partition coefficient (Wildman–Crippen LogP) is 9.45. The van der Waals surface area contributed by atoms with Crippen molar-refractivity contribution in [3.05, 3.63) is 141 Å². The number of carbonyl (C=O) groups is 3. The van der Waals surface area contributed by atoms with Crippen LogP contribution in [0.15, 0.2) is 109 Å². The lowest BCUT2D eigenvalue weighted by molar-refractivity contribution is -0.384. The van der Waals surface area contributed by atoms with Crippen molar-refractivity contribution in [2.24, 2.45) is 0 Å². The maximum Gasteiger partial charge on any atom is 0.404 e. The van der Waals surface area contributed by atoms with Crippen LogP contribution in [0.5, 0.6) is 5.75 Å². The van der Waals surface area contributed by atoms with Gasteiger partial charge in [-0.05, 0) is 35.7 Å². The molecule has 0 saturated carbocycles. The fraction of sp³-hybridized carbons (Fsp3) is 0.147. The highest BCUT2D eigenvalue weighted by atomic mass is 32.2. The van der Waals surface area contributed by atoms with Gasteiger partial charge in [0, 0.05) is 45.0 Å². The molecule has 0 N–H and O–H groups in total. The standard InChI is InChI=1S/C34H26F2NO9PS3/c35-34(36,26-11-16-29-25(21-26)22-30(50-29)31(38)46-28-14-12-27(13-15-28)37(41)42)47(43,44-17-19-48-32(39)23-7-3-1-4-8-23)45-18-20-49-33(40)24-9-5-2-6-10-24/h1-16,21-22H,17-20H2. The number of thiophene rings is 1. The monoisotopic (exact) mass is 757 g/mol. The lowest BCUT2D eigenvalue weighted by Crippen LogP contribution is -2.20. The van der Waals surface area contributed by atoms with Crippen molar-refractivity contribution in [2.75, 3.05) is 24.7 Å². The first-order valence-electron chi connectivity index (χ1n) is 14.7. The van der Waals surface area contributed by atoms with E-state index in [4.69, 9.17) is 13.8 Å². The van der Waals surface area contributed by atoms with Gasteiger partial charge in [-0.3, -0.25) is 24.3 Å². The van der Waals surface area contributed by atoms with Crippen LogP contribution in [0.4, 0.5) is 14.5 Å². The van der Waals surface area contributed by atoms with Crippen LogP contribution in [-0.4, -0.2) is 45.8 Å². The summed E-state index contributed by atoms with van der Waals surface area (Å²) in [5, 5.41) is 10.5. The molecule has 5 rings (SSSR count). The summed E-state index contributed by atoms with van der Waals surface area (Å²) in [6, 6.07) is 26.3. The lowest BCUT2D eigenvalue weighted by Gasteiger charge is -2.26. The number of thioether (sulfide) groups is 2. The van der Waals surface area contributed by atoms with Gasteiger partial charge in [-0.15, -0.1) is 11.3 Å². The van der Waals surface area contributed by atoms with E-state index in [1.807, 2.05) is 0 Å². The number of hydrogen-bond acceptors (Lipinski definition) is 12. The molecule has 1 heterocycles. The Labute approximate surface area is 296 Å². The van der Waals surface area contributed by atoms with E-state index >= 15 is 8.78 Å². The molecule has 0 amide bonds. The van der Waals surface area contributed by atoms with Crippen molar-refractivity contribution in [1.82, 2.24) is 0 Å². The highest BCUT2D eigenvalue weighted by Crippen LogP contribution is 2.67. The van der Waals surface area contributed by atoms with Gasteiger partial charge in [-0.25, -0.2) is 4.79 Å². The van der Waals surface area contributed by atoms with Gasteiger partial charge in [0.2, 0.25) is 10.2 Å². The van der Waals surface area contributed by atoms with Gasteiger partial charge in [0.15, 0.2) is 0 Å². The number of alkyl halides is 2. The van der Waals surface area contributed by atoms with E-state index in [0.717, 1.165) is 47.0 Å². The zero-order valence-electron chi connectivity index (χ0n) is 25.8. The normalized spacial score (nSPS) is 11.7. The average molecular weight is 758 g/mol. The Morgan fingerprint density at radius 3 is 1.84 bits per heavy atom. The molecule has 1 aromatic heterocycles. The number of non-ortho nitro benzene ring substituents is 1. The Morgan fingerprint density at radius 2 is 1.32 bits per heavy atom. The average Bonchev–Trinajstić information content (AvgIpc) is 3.57. The lowest BCUT2D eigenvalue weighted by atomic mass is 10.1. The number of nitro benzene ring substituents is 1. The van der Waals surface area contributed by atoms with Crippen LogP contribution in [-0.2, 0) is 19.3 Å². The van der Waals surface area contributed by atoms with Crippen molar-refractivity contribution in [2.45, 2.75) is 5.66 Å². The first-order valence-corrected chi connectivity index (χ1v) is 19.0. The Kier molecular flexibility index (Phi) is 12.3. The highest BCUT2D eigenvalue weighted by molar-refractivity contribution is 8.14. The van der Waals surface area contributed by atoms with E-state index in [0.29, 0.717) is 15.8 Å². The Bertz CT molecular complexity index is 1980. The maximum atomic E-state index is 16.2. The minimum Gasteiger partial charge on any atom is -0.422 e. The number of benzene rings is 4. The van der Waals surface area contributed by atoms with Crippen LogP contribution in [0.2, 0.25) is 0 Å². The molecule has 0 atom stereocenters. The molecule has 5 aromatic rings. The molecular weight excluding hydrogens is 732 g/mol. The van der Waals surface area contributed by atoms with E-state index < -0.39 is 42.9 Å². The number of nitro groups is 1. The van der Waals surface area contributed by atoms with Crippen molar-refractivity contribution >= 4 is 74.4 Å². The summed E-state index contributed by atoms with van der Waals surface area (Å²) in [4.78, 5) is 48.1. The van der Waals surface area contributed by atoms with Crippen molar-refractivity contribution < 1.29 is 46.4 Å². The van der Waals surface area contributed by atoms with Crippen molar-refractivity contribution in [1.29, 1.82) is 0 Å². The number of carbonyl (C=O) groups excluding carboxylic acids is 3. The zero-order chi connectivity index (χ0) is 35.7. The molecule has 0 saturated heterocycles. The summed E-state index contributed by atoms with van der Waals surface area (Å²) in [6.07, 6.45) is 0. The van der Waals surface area contributed by atoms with Crippen LogP contribution >= 0.6 is 42.5 Å². The number of rotatable bonds is 15. The first kappa shape index (κ1) is 37.0. The van der Waals surface area contributed by atoms with Gasteiger partial charge in [-0.2, -0.15) is 8.78 Å². The van der Waals surface area contributed by atoms with E-state index in [2.05, 4.69) is 0 Å². The molecule has 0 unspecified atom stereocenters. The second-order valence-corrected chi connectivity index (χ2v) is 15.5. The number of esters is 1. The van der Waals surface area contributed by atoms with Crippen molar-refractivity contribution in [3.8, 4) is 5.75 Å². The van der Waals surface area contributed by atoms with E-state index in [9.17, 15) is 29.1 Å². The summed E-state index contributed by atoms with van der Waals surface area (Å²) in [7, 11) is -5.27. The minimum atomic E-state index is -5.27. The van der Waals surface area contributed by atoms with E-state index in [1.165, 1.54) is 36.4 Å². The number of halogens is 2. The van der Waals surface area contributed by atoms with Crippen LogP contribution in [0.3, 0.4) is 0 Å². The van der Waals surface area contributed by atoms with Gasteiger partial charge in [0.1, 0.15) is 10.6 Å². The van der Waals surface area contributed by atoms with Crippen LogP contribution in [0, 0.1) is 10.1 Å². The summed E-state index contributed by atoms with van der Waals surface area (Å²) < 4.78 is 62.5. The molecule has 50 heavy (non-hydrogen) atoms. The second kappa shape index (κ2) is 16.6. The molecule has 0 aliphatic rings. The van der Waals surface area contributed by atoms with Gasteiger partial charge in [0.05, 0.1) is 18.1 Å². The molecule has 0 aliphatic heterocycles. The molecule has 258 valence electrons. The predicted molar refractivity (Wildman–Crippen MR) is 190 cm³/mol. The fourth-order valence-electron chi connectivity index (χ4n) is 4.38. The SMILES string of the molecule is O=C(SCCOP(=O)(OCCSC(=O)c1ccccc1)C(F)(F)c1ccc2sc(C(=O)Oc3ccc([N+](=O)[O-])cc3)cc2c1)c1ccccc1. The molecule has 4 aromatic carbocycles. The van der Waals surface area contributed by atoms with E-state index in [-0.39, 0.29) is 43.4 Å². The smallest absolute Gasteiger partial charge is 0.404 e. The fourth-order valence-corrected chi connectivity index (χ4v) is 8.37. The number of fused-ring (bicyclic) bond motifs is 1. The first-order chi connectivity index (χ1) is 24.0. The maximum absolute atomic E-state index is 16.2. The summed E-state index contributed by atoms with van der Waals surface area (Å²) in [6.45, 7) is -1.02. The Balaban J connectivity index is 1.30. The van der Waals surface area contributed by atoms with Crippen LogP contribution < -0.4 is 4.74 Å². The summed E-state index contributed by atoms with van der Waals surface area (Å²) in [5.74, 6) is -0.951. The summed E-state index contributed by atoms with van der Waals surface area (Å²) in [5.41, 5.74) is -4.26. The van der Waals surface area contributed by atoms with Gasteiger partial charge < -0.3 is 13.8 Å². The molecule has 0 fully saturated rings. The highest BCUT2D eigenvalue weighted by Gasteiger charge is 2.55. The second-order valence-electron chi connectivity index (χ2n) is 10.2. The van der Waals surface area contributed by atoms with E-state index in [1.54, 1.807) is 60.7 Å². The third-order valence-corrected chi connectivity index (χ3v) is 11.7. The Morgan fingerprint density at radius 1 is 0.780 bits per heavy atom. The molecule has 10 nitrogen and oxygen atoms in total. The third kappa shape index (κ3) is 9.10. The quantitative estimate of drug-likeness (QED) is 0.0252.